The highest BCUT2D eigenvalue weighted by Gasteiger charge is 2.18. The molecular weight excluding hydrogens is 266 g/mol. The second kappa shape index (κ2) is 6.05. The molecule has 6 nitrogen and oxygen atoms in total. The second-order valence-corrected chi connectivity index (χ2v) is 5.17. The molecule has 0 spiro atoms. The molecule has 2 N–H and O–H groups in total. The number of rotatable bonds is 4. The third-order valence-electron chi connectivity index (χ3n) is 3.77. The predicted molar refractivity (Wildman–Crippen MR) is 78.9 cm³/mol. The number of hydrogen-bond donors (Lipinski definition) is 2. The summed E-state index contributed by atoms with van der Waals surface area (Å²) in [5.74, 6) is -0.0916. The van der Waals surface area contributed by atoms with Crippen molar-refractivity contribution in [2.24, 2.45) is 7.05 Å². The fraction of sp³-hybridized carbons (Fsp3) is 0.400. The largest absolute Gasteiger partial charge is 0.352 e. The minimum absolute atomic E-state index is 0.0916. The number of nitrogens with one attached hydrogen (secondary N) is 2. The first-order valence-electron chi connectivity index (χ1n) is 7.18. The third kappa shape index (κ3) is 2.95. The number of fused-ring (bicyclic) bond motifs is 1. The van der Waals surface area contributed by atoms with Crippen molar-refractivity contribution in [1.29, 1.82) is 0 Å². The van der Waals surface area contributed by atoms with E-state index >= 15 is 0 Å². The Labute approximate surface area is 123 Å². The topological polar surface area (TPSA) is 71.8 Å². The van der Waals surface area contributed by atoms with Gasteiger partial charge in [0.25, 0.3) is 5.91 Å². The first-order valence-corrected chi connectivity index (χ1v) is 7.18. The Morgan fingerprint density at radius 1 is 1.52 bits per heavy atom. The van der Waals surface area contributed by atoms with Gasteiger partial charge in [-0.2, -0.15) is 5.10 Å². The number of aromatic nitrogens is 3. The van der Waals surface area contributed by atoms with Gasteiger partial charge < -0.3 is 10.6 Å². The second-order valence-electron chi connectivity index (χ2n) is 5.17. The molecular formula is C15H19N5O. The standard InChI is InChI=1S/C15H19N5O/c1-20-14-5-7-17-10-12(14)13(19-20)4-8-18-15(21)11-3-2-6-16-9-11/h2-3,6,9,17H,4-5,7-8,10H2,1H3,(H,18,21). The fourth-order valence-electron chi connectivity index (χ4n) is 2.70. The molecule has 2 aromatic heterocycles. The van der Waals surface area contributed by atoms with Crippen LogP contribution >= 0.6 is 0 Å². The van der Waals surface area contributed by atoms with Crippen LogP contribution in [0.5, 0.6) is 0 Å². The van der Waals surface area contributed by atoms with Gasteiger partial charge in [-0.15, -0.1) is 0 Å². The van der Waals surface area contributed by atoms with Gasteiger partial charge in [-0.3, -0.25) is 14.5 Å². The number of nitrogens with zero attached hydrogens (tertiary/aromatic N) is 3. The molecule has 0 fully saturated rings. The highest BCUT2D eigenvalue weighted by molar-refractivity contribution is 5.93. The molecule has 1 aliphatic heterocycles. The van der Waals surface area contributed by atoms with Crippen LogP contribution in [0.2, 0.25) is 0 Å². The van der Waals surface area contributed by atoms with E-state index in [4.69, 9.17) is 0 Å². The lowest BCUT2D eigenvalue weighted by atomic mass is 10.1. The van der Waals surface area contributed by atoms with E-state index in [0.29, 0.717) is 12.1 Å². The molecule has 1 aliphatic rings. The number of hydrogen-bond acceptors (Lipinski definition) is 4. The normalized spacial score (nSPS) is 13.8. The van der Waals surface area contributed by atoms with Gasteiger partial charge in [0.1, 0.15) is 0 Å². The SMILES string of the molecule is Cn1nc(CCNC(=O)c2cccnc2)c2c1CCNC2. The molecule has 0 aromatic carbocycles. The van der Waals surface area contributed by atoms with Crippen molar-refractivity contribution in [3.63, 3.8) is 0 Å². The summed E-state index contributed by atoms with van der Waals surface area (Å²) in [6.07, 6.45) is 4.99. The fourth-order valence-corrected chi connectivity index (χ4v) is 2.70. The Morgan fingerprint density at radius 2 is 2.43 bits per heavy atom. The summed E-state index contributed by atoms with van der Waals surface area (Å²) in [6, 6.07) is 3.52. The highest BCUT2D eigenvalue weighted by Crippen LogP contribution is 2.17. The maximum Gasteiger partial charge on any atom is 0.252 e. The van der Waals surface area contributed by atoms with Gasteiger partial charge in [-0.1, -0.05) is 0 Å². The molecule has 110 valence electrons. The van der Waals surface area contributed by atoms with Crippen molar-refractivity contribution in [1.82, 2.24) is 25.4 Å². The number of carbonyl (C=O) groups is 1. The Hall–Kier alpha value is -2.21. The van der Waals surface area contributed by atoms with Gasteiger partial charge in [0, 0.05) is 63.2 Å². The minimum atomic E-state index is -0.0916. The van der Waals surface area contributed by atoms with Crippen molar-refractivity contribution < 1.29 is 4.79 Å². The third-order valence-corrected chi connectivity index (χ3v) is 3.77. The van der Waals surface area contributed by atoms with E-state index in [9.17, 15) is 4.79 Å². The molecule has 0 aliphatic carbocycles. The summed E-state index contributed by atoms with van der Waals surface area (Å²) >= 11 is 0. The van der Waals surface area contributed by atoms with Crippen LogP contribution in [0.1, 0.15) is 27.3 Å². The molecule has 0 saturated carbocycles. The average molecular weight is 285 g/mol. The molecule has 2 aromatic rings. The molecule has 0 radical (unpaired) electrons. The average Bonchev–Trinajstić information content (AvgIpc) is 2.85. The van der Waals surface area contributed by atoms with Crippen molar-refractivity contribution in [2.45, 2.75) is 19.4 Å². The zero-order valence-corrected chi connectivity index (χ0v) is 12.1. The van der Waals surface area contributed by atoms with Gasteiger partial charge in [0.05, 0.1) is 11.3 Å². The number of pyridine rings is 1. The monoisotopic (exact) mass is 285 g/mol. The van der Waals surface area contributed by atoms with Crippen molar-refractivity contribution in [2.75, 3.05) is 13.1 Å². The van der Waals surface area contributed by atoms with E-state index in [1.165, 1.54) is 11.3 Å². The van der Waals surface area contributed by atoms with Crippen molar-refractivity contribution >= 4 is 5.91 Å². The molecule has 0 saturated heterocycles. The van der Waals surface area contributed by atoms with Crippen LogP contribution in [0.4, 0.5) is 0 Å². The van der Waals surface area contributed by atoms with Crippen LogP contribution in [0.3, 0.4) is 0 Å². The Balaban J connectivity index is 1.60. The van der Waals surface area contributed by atoms with Crippen LogP contribution in [0.15, 0.2) is 24.5 Å². The van der Waals surface area contributed by atoms with E-state index < -0.39 is 0 Å². The number of aryl methyl sites for hydroxylation is 1. The summed E-state index contributed by atoms with van der Waals surface area (Å²) in [5, 5.41) is 10.9. The van der Waals surface area contributed by atoms with Gasteiger partial charge >= 0.3 is 0 Å². The van der Waals surface area contributed by atoms with E-state index in [1.54, 1.807) is 24.5 Å². The van der Waals surface area contributed by atoms with Crippen molar-refractivity contribution in [3.05, 3.63) is 47.0 Å². The molecule has 21 heavy (non-hydrogen) atoms. The maximum atomic E-state index is 11.9. The molecule has 1 amide bonds. The molecule has 0 bridgehead atoms. The van der Waals surface area contributed by atoms with E-state index in [2.05, 4.69) is 20.7 Å². The van der Waals surface area contributed by atoms with Crippen LogP contribution in [-0.4, -0.2) is 33.8 Å². The van der Waals surface area contributed by atoms with Gasteiger partial charge in [0.2, 0.25) is 0 Å². The smallest absolute Gasteiger partial charge is 0.252 e. The Morgan fingerprint density at radius 3 is 3.24 bits per heavy atom. The lowest BCUT2D eigenvalue weighted by molar-refractivity contribution is 0.0953. The minimum Gasteiger partial charge on any atom is -0.352 e. The lowest BCUT2D eigenvalue weighted by Gasteiger charge is -2.14. The molecule has 0 unspecified atom stereocenters. The van der Waals surface area contributed by atoms with Crippen molar-refractivity contribution in [3.8, 4) is 0 Å². The van der Waals surface area contributed by atoms with Gasteiger partial charge in [0.15, 0.2) is 0 Å². The number of carbonyl (C=O) groups excluding carboxylic acids is 1. The van der Waals surface area contributed by atoms with Gasteiger partial charge in [-0.25, -0.2) is 0 Å². The van der Waals surface area contributed by atoms with Crippen LogP contribution in [-0.2, 0) is 26.4 Å². The van der Waals surface area contributed by atoms with E-state index in [0.717, 1.165) is 31.6 Å². The molecule has 3 rings (SSSR count). The Kier molecular flexibility index (Phi) is 3.96. The lowest BCUT2D eigenvalue weighted by Crippen LogP contribution is -2.27. The Bertz CT molecular complexity index is 635. The summed E-state index contributed by atoms with van der Waals surface area (Å²) < 4.78 is 1.97. The van der Waals surface area contributed by atoms with E-state index in [-0.39, 0.29) is 5.91 Å². The van der Waals surface area contributed by atoms with Crippen LogP contribution in [0, 0.1) is 0 Å². The molecule has 3 heterocycles. The first kappa shape index (κ1) is 13.8. The number of amides is 1. The summed E-state index contributed by atoms with van der Waals surface area (Å²) in [4.78, 5) is 15.9. The van der Waals surface area contributed by atoms with Gasteiger partial charge in [-0.05, 0) is 12.1 Å². The zero-order chi connectivity index (χ0) is 14.7. The quantitative estimate of drug-likeness (QED) is 0.855. The first-order chi connectivity index (χ1) is 10.3. The predicted octanol–water partition coefficient (Wildman–Crippen LogP) is 0.433. The van der Waals surface area contributed by atoms with E-state index in [1.807, 2.05) is 11.7 Å². The maximum absolute atomic E-state index is 11.9. The highest BCUT2D eigenvalue weighted by atomic mass is 16.1. The zero-order valence-electron chi connectivity index (χ0n) is 12.1. The summed E-state index contributed by atoms with van der Waals surface area (Å²) in [6.45, 7) is 2.45. The molecule has 6 heteroatoms. The summed E-state index contributed by atoms with van der Waals surface area (Å²) in [7, 11) is 1.99. The summed E-state index contributed by atoms with van der Waals surface area (Å²) in [5.41, 5.74) is 4.26. The molecule has 0 atom stereocenters. The van der Waals surface area contributed by atoms with Crippen LogP contribution < -0.4 is 10.6 Å². The van der Waals surface area contributed by atoms with Crippen LogP contribution in [0.25, 0.3) is 0 Å².